The first-order valence-electron chi connectivity index (χ1n) is 10.7. The van der Waals surface area contributed by atoms with Crippen LogP contribution in [0, 0.1) is 0 Å². The molecule has 0 saturated carbocycles. The molecule has 34 heavy (non-hydrogen) atoms. The molecule has 0 saturated heterocycles. The molecule has 3 aromatic carbocycles. The molecular weight excluding hydrogens is 430 g/mol. The van der Waals surface area contributed by atoms with Crippen LogP contribution in [0.25, 0.3) is 0 Å². The van der Waals surface area contributed by atoms with E-state index in [0.717, 1.165) is 5.56 Å². The Kier molecular flexibility index (Phi) is 7.48. The van der Waals surface area contributed by atoms with E-state index >= 15 is 0 Å². The number of pyridine rings is 1. The predicted octanol–water partition coefficient (Wildman–Crippen LogP) is 4.93. The Balaban J connectivity index is 1.31. The maximum atomic E-state index is 12.7. The van der Waals surface area contributed by atoms with E-state index in [1.807, 2.05) is 48.5 Å². The van der Waals surface area contributed by atoms with Crippen molar-refractivity contribution in [1.82, 2.24) is 4.98 Å². The molecule has 0 radical (unpaired) electrons. The van der Waals surface area contributed by atoms with Crippen LogP contribution >= 0.6 is 0 Å². The first-order valence-corrected chi connectivity index (χ1v) is 10.7. The number of nitrogens with zero attached hydrogens (tertiary/aromatic N) is 1. The summed E-state index contributed by atoms with van der Waals surface area (Å²) in [5.74, 6) is 0.229. The molecule has 0 spiro atoms. The summed E-state index contributed by atoms with van der Waals surface area (Å²) in [5, 5.41) is 5.58. The lowest BCUT2D eigenvalue weighted by Crippen LogP contribution is -2.20. The van der Waals surface area contributed by atoms with Gasteiger partial charge in [0.1, 0.15) is 12.4 Å². The third-order valence-electron chi connectivity index (χ3n) is 4.75. The smallest absolute Gasteiger partial charge is 0.262 e. The van der Waals surface area contributed by atoms with E-state index in [2.05, 4.69) is 15.6 Å². The standard InChI is InChI=1S/C27H23N3O4/c31-25(29-22-10-5-2-6-11-22)19-33-24-13-7-12-23(17-24)30-27(32)21-14-15-28-26(16-21)34-18-20-8-3-1-4-9-20/h1-17H,18-19H2,(H,29,31)(H,30,32). The minimum absolute atomic E-state index is 0.154. The number of anilines is 2. The quantitative estimate of drug-likeness (QED) is 0.375. The molecular formula is C27H23N3O4. The zero-order valence-corrected chi connectivity index (χ0v) is 18.3. The van der Waals surface area contributed by atoms with E-state index in [-0.39, 0.29) is 18.4 Å². The monoisotopic (exact) mass is 453 g/mol. The summed E-state index contributed by atoms with van der Waals surface area (Å²) in [6, 6.07) is 28.9. The van der Waals surface area contributed by atoms with Gasteiger partial charge in [-0.15, -0.1) is 0 Å². The Morgan fingerprint density at radius 2 is 1.47 bits per heavy atom. The van der Waals surface area contributed by atoms with Gasteiger partial charge in [-0.2, -0.15) is 0 Å². The van der Waals surface area contributed by atoms with E-state index < -0.39 is 0 Å². The van der Waals surface area contributed by atoms with Crippen molar-refractivity contribution in [2.45, 2.75) is 6.61 Å². The van der Waals surface area contributed by atoms with Crippen molar-refractivity contribution in [2.75, 3.05) is 17.2 Å². The summed E-state index contributed by atoms with van der Waals surface area (Å²) in [4.78, 5) is 29.0. The van der Waals surface area contributed by atoms with Gasteiger partial charge in [-0.3, -0.25) is 9.59 Å². The van der Waals surface area contributed by atoms with Crippen molar-refractivity contribution in [3.8, 4) is 11.6 Å². The van der Waals surface area contributed by atoms with Crippen molar-refractivity contribution < 1.29 is 19.1 Å². The number of ether oxygens (including phenoxy) is 2. The van der Waals surface area contributed by atoms with E-state index in [1.54, 1.807) is 48.5 Å². The van der Waals surface area contributed by atoms with Crippen LogP contribution in [-0.4, -0.2) is 23.4 Å². The number of rotatable bonds is 9. The largest absolute Gasteiger partial charge is 0.484 e. The molecule has 2 N–H and O–H groups in total. The molecule has 0 unspecified atom stereocenters. The molecule has 7 heteroatoms. The molecule has 7 nitrogen and oxygen atoms in total. The fourth-order valence-electron chi connectivity index (χ4n) is 3.10. The van der Waals surface area contributed by atoms with Crippen LogP contribution in [0.2, 0.25) is 0 Å². The molecule has 2 amide bonds. The van der Waals surface area contributed by atoms with Crippen LogP contribution in [0.3, 0.4) is 0 Å². The zero-order valence-electron chi connectivity index (χ0n) is 18.3. The number of carbonyl (C=O) groups excluding carboxylic acids is 2. The highest BCUT2D eigenvalue weighted by atomic mass is 16.5. The second kappa shape index (κ2) is 11.3. The van der Waals surface area contributed by atoms with Gasteiger partial charge in [0, 0.05) is 35.3 Å². The zero-order chi connectivity index (χ0) is 23.6. The normalized spacial score (nSPS) is 10.2. The number of nitrogens with one attached hydrogen (secondary N) is 2. The summed E-state index contributed by atoms with van der Waals surface area (Å²) in [5.41, 5.74) is 2.65. The molecule has 1 heterocycles. The van der Waals surface area contributed by atoms with Crippen molar-refractivity contribution in [1.29, 1.82) is 0 Å². The first-order chi connectivity index (χ1) is 16.7. The molecule has 4 aromatic rings. The van der Waals surface area contributed by atoms with Gasteiger partial charge in [-0.1, -0.05) is 54.6 Å². The van der Waals surface area contributed by atoms with Crippen molar-refractivity contribution >= 4 is 23.2 Å². The average molecular weight is 453 g/mol. The predicted molar refractivity (Wildman–Crippen MR) is 130 cm³/mol. The van der Waals surface area contributed by atoms with Gasteiger partial charge in [0.15, 0.2) is 6.61 Å². The van der Waals surface area contributed by atoms with Crippen molar-refractivity contribution in [3.05, 3.63) is 114 Å². The third-order valence-corrected chi connectivity index (χ3v) is 4.75. The summed E-state index contributed by atoms with van der Waals surface area (Å²) in [7, 11) is 0. The average Bonchev–Trinajstić information content (AvgIpc) is 2.88. The van der Waals surface area contributed by atoms with Gasteiger partial charge in [-0.25, -0.2) is 4.98 Å². The fraction of sp³-hybridized carbons (Fsp3) is 0.0741. The molecule has 0 fully saturated rings. The molecule has 1 aromatic heterocycles. The van der Waals surface area contributed by atoms with Gasteiger partial charge in [0.2, 0.25) is 5.88 Å². The highest BCUT2D eigenvalue weighted by Gasteiger charge is 2.10. The lowest BCUT2D eigenvalue weighted by Gasteiger charge is -2.10. The second-order valence-electron chi connectivity index (χ2n) is 7.34. The number of para-hydroxylation sites is 1. The molecule has 0 atom stereocenters. The summed E-state index contributed by atoms with van der Waals surface area (Å²) in [6.45, 7) is 0.203. The number of carbonyl (C=O) groups is 2. The second-order valence-corrected chi connectivity index (χ2v) is 7.34. The number of hydrogen-bond donors (Lipinski definition) is 2. The van der Waals surface area contributed by atoms with E-state index in [4.69, 9.17) is 9.47 Å². The Bertz CT molecular complexity index is 1250. The Morgan fingerprint density at radius 3 is 2.26 bits per heavy atom. The Labute approximate surface area is 197 Å². The van der Waals surface area contributed by atoms with Gasteiger partial charge in [-0.05, 0) is 35.9 Å². The van der Waals surface area contributed by atoms with Crippen LogP contribution in [-0.2, 0) is 11.4 Å². The maximum Gasteiger partial charge on any atom is 0.262 e. The van der Waals surface area contributed by atoms with Crippen LogP contribution < -0.4 is 20.1 Å². The van der Waals surface area contributed by atoms with E-state index in [9.17, 15) is 9.59 Å². The van der Waals surface area contributed by atoms with Crippen LogP contribution in [0.1, 0.15) is 15.9 Å². The Morgan fingerprint density at radius 1 is 0.735 bits per heavy atom. The number of amides is 2. The summed E-state index contributed by atoms with van der Waals surface area (Å²) in [6.07, 6.45) is 1.53. The lowest BCUT2D eigenvalue weighted by molar-refractivity contribution is -0.118. The van der Waals surface area contributed by atoms with Crippen LogP contribution in [0.4, 0.5) is 11.4 Å². The van der Waals surface area contributed by atoms with Crippen LogP contribution in [0.15, 0.2) is 103 Å². The van der Waals surface area contributed by atoms with Gasteiger partial charge in [0.25, 0.3) is 11.8 Å². The van der Waals surface area contributed by atoms with Gasteiger partial charge in [0.05, 0.1) is 0 Å². The first kappa shape index (κ1) is 22.5. The molecule has 4 rings (SSSR count). The molecule has 0 bridgehead atoms. The number of benzene rings is 3. The van der Waals surface area contributed by atoms with Gasteiger partial charge < -0.3 is 20.1 Å². The SMILES string of the molecule is O=C(COc1cccc(NC(=O)c2ccnc(OCc3ccccc3)c2)c1)Nc1ccccc1. The highest BCUT2D eigenvalue weighted by molar-refractivity contribution is 6.04. The van der Waals surface area contributed by atoms with E-state index in [0.29, 0.717) is 35.2 Å². The fourth-order valence-corrected chi connectivity index (χ4v) is 3.10. The van der Waals surface area contributed by atoms with Gasteiger partial charge >= 0.3 is 0 Å². The molecule has 0 aliphatic carbocycles. The third kappa shape index (κ3) is 6.67. The minimum atomic E-state index is -0.314. The number of aromatic nitrogens is 1. The molecule has 0 aliphatic heterocycles. The number of hydrogen-bond acceptors (Lipinski definition) is 5. The van der Waals surface area contributed by atoms with Crippen molar-refractivity contribution in [2.24, 2.45) is 0 Å². The maximum absolute atomic E-state index is 12.7. The molecule has 170 valence electrons. The van der Waals surface area contributed by atoms with Crippen LogP contribution in [0.5, 0.6) is 11.6 Å². The lowest BCUT2D eigenvalue weighted by atomic mass is 10.2. The molecule has 0 aliphatic rings. The highest BCUT2D eigenvalue weighted by Crippen LogP contribution is 2.19. The Hall–Kier alpha value is -4.65. The summed E-state index contributed by atoms with van der Waals surface area (Å²) >= 11 is 0. The summed E-state index contributed by atoms with van der Waals surface area (Å²) < 4.78 is 11.3. The minimum Gasteiger partial charge on any atom is -0.484 e. The van der Waals surface area contributed by atoms with E-state index in [1.165, 1.54) is 6.20 Å². The topological polar surface area (TPSA) is 89.5 Å². The van der Waals surface area contributed by atoms with Crippen molar-refractivity contribution in [3.63, 3.8) is 0 Å².